The molecule has 1 N–H and O–H groups in total. The van der Waals surface area contributed by atoms with Gasteiger partial charge in [0, 0.05) is 22.1 Å². The second-order valence-electron chi connectivity index (χ2n) is 5.31. The van der Waals surface area contributed by atoms with E-state index < -0.39 is 0 Å². The van der Waals surface area contributed by atoms with Gasteiger partial charge in [0.05, 0.1) is 10.6 Å². The van der Waals surface area contributed by atoms with Crippen LogP contribution < -0.4 is 5.32 Å². The van der Waals surface area contributed by atoms with E-state index in [9.17, 15) is 4.79 Å². The lowest BCUT2D eigenvalue weighted by Crippen LogP contribution is -2.12. The molecule has 3 heterocycles. The van der Waals surface area contributed by atoms with Crippen molar-refractivity contribution in [2.75, 3.05) is 5.32 Å². The highest BCUT2D eigenvalue weighted by atomic mass is 79.9. The summed E-state index contributed by atoms with van der Waals surface area (Å²) in [4.78, 5) is 17.3. The van der Waals surface area contributed by atoms with E-state index in [0.717, 1.165) is 20.9 Å². The molecule has 0 radical (unpaired) electrons. The van der Waals surface area contributed by atoms with Crippen molar-refractivity contribution in [3.8, 4) is 10.7 Å². The maximum Gasteiger partial charge on any atom is 0.274 e. The predicted molar refractivity (Wildman–Crippen MR) is 91.5 cm³/mol. The van der Waals surface area contributed by atoms with Gasteiger partial charge in [0.15, 0.2) is 5.82 Å². The molecule has 116 valence electrons. The van der Waals surface area contributed by atoms with Crippen LogP contribution in [-0.4, -0.2) is 25.7 Å². The number of amides is 1. The van der Waals surface area contributed by atoms with E-state index >= 15 is 0 Å². The fraction of sp³-hybridized carbons (Fsp3) is 0.200. The van der Waals surface area contributed by atoms with Gasteiger partial charge >= 0.3 is 0 Å². The van der Waals surface area contributed by atoms with Crippen molar-refractivity contribution in [3.63, 3.8) is 0 Å². The van der Waals surface area contributed by atoms with Crippen molar-refractivity contribution in [2.24, 2.45) is 0 Å². The highest BCUT2D eigenvalue weighted by Gasteiger charge is 2.27. The van der Waals surface area contributed by atoms with Crippen LogP contribution in [0.2, 0.25) is 0 Å². The van der Waals surface area contributed by atoms with Gasteiger partial charge in [-0.1, -0.05) is 15.9 Å². The molecule has 0 aliphatic heterocycles. The minimum atomic E-state index is -0.237. The highest BCUT2D eigenvalue weighted by molar-refractivity contribution is 9.10. The molecular weight excluding hydrogens is 378 g/mol. The van der Waals surface area contributed by atoms with E-state index in [1.54, 1.807) is 24.7 Å². The van der Waals surface area contributed by atoms with Gasteiger partial charge in [0.2, 0.25) is 0 Å². The third-order valence-corrected chi connectivity index (χ3v) is 4.97. The third kappa shape index (κ3) is 3.04. The molecule has 0 saturated heterocycles. The summed E-state index contributed by atoms with van der Waals surface area (Å²) in [6, 6.07) is 5.91. The Morgan fingerprint density at radius 1 is 1.39 bits per heavy atom. The van der Waals surface area contributed by atoms with Crippen LogP contribution in [0.25, 0.3) is 10.7 Å². The van der Waals surface area contributed by atoms with Crippen molar-refractivity contribution >= 4 is 38.9 Å². The summed E-state index contributed by atoms with van der Waals surface area (Å²) >= 11 is 4.88. The molecule has 3 aromatic heterocycles. The van der Waals surface area contributed by atoms with Crippen molar-refractivity contribution < 1.29 is 4.79 Å². The van der Waals surface area contributed by atoms with Crippen LogP contribution >= 0.6 is 27.3 Å². The zero-order chi connectivity index (χ0) is 15.8. The lowest BCUT2D eigenvalue weighted by atomic mass is 10.3. The maximum atomic E-state index is 12.2. The van der Waals surface area contributed by atoms with Crippen LogP contribution in [0.1, 0.15) is 29.4 Å². The first-order chi connectivity index (χ1) is 11.2. The molecule has 1 fully saturated rings. The van der Waals surface area contributed by atoms with Gasteiger partial charge in [0.25, 0.3) is 5.91 Å². The molecule has 0 bridgehead atoms. The predicted octanol–water partition coefficient (Wildman–Crippen LogP) is 3.75. The van der Waals surface area contributed by atoms with Gasteiger partial charge in [-0.3, -0.25) is 9.78 Å². The van der Waals surface area contributed by atoms with Crippen molar-refractivity contribution in [1.82, 2.24) is 19.7 Å². The van der Waals surface area contributed by atoms with Crippen molar-refractivity contribution in [3.05, 3.63) is 46.3 Å². The minimum absolute atomic E-state index is 0.237. The summed E-state index contributed by atoms with van der Waals surface area (Å²) in [5, 5.41) is 13.0. The monoisotopic (exact) mass is 389 g/mol. The van der Waals surface area contributed by atoms with E-state index in [0.29, 0.717) is 11.7 Å². The number of anilines is 1. The molecule has 0 aromatic carbocycles. The van der Waals surface area contributed by atoms with E-state index in [4.69, 9.17) is 0 Å². The molecule has 4 rings (SSSR count). The Bertz CT molecular complexity index is 870. The molecule has 1 aliphatic carbocycles. The molecule has 0 spiro atoms. The molecule has 8 heteroatoms. The third-order valence-electron chi connectivity index (χ3n) is 3.55. The van der Waals surface area contributed by atoms with Crippen LogP contribution in [0.3, 0.4) is 0 Å². The number of pyridine rings is 1. The molecule has 6 nitrogen and oxygen atoms in total. The summed E-state index contributed by atoms with van der Waals surface area (Å²) in [6.07, 6.45) is 5.72. The normalized spacial score (nSPS) is 14.0. The molecule has 1 amide bonds. The fourth-order valence-electron chi connectivity index (χ4n) is 2.28. The van der Waals surface area contributed by atoms with Gasteiger partial charge in [0.1, 0.15) is 12.0 Å². The lowest BCUT2D eigenvalue weighted by Gasteiger charge is -2.03. The summed E-state index contributed by atoms with van der Waals surface area (Å²) < 4.78 is 2.93. The van der Waals surface area contributed by atoms with E-state index in [1.807, 2.05) is 11.4 Å². The van der Waals surface area contributed by atoms with Gasteiger partial charge in [-0.05, 0) is 31.0 Å². The zero-order valence-corrected chi connectivity index (χ0v) is 14.3. The lowest BCUT2D eigenvalue weighted by molar-refractivity contribution is 0.102. The molecule has 3 aromatic rings. The molecular formula is C15H12BrN5OS. The van der Waals surface area contributed by atoms with E-state index in [2.05, 4.69) is 41.0 Å². The maximum absolute atomic E-state index is 12.2. The number of rotatable bonds is 4. The average molecular weight is 390 g/mol. The molecule has 0 unspecified atom stereocenters. The highest BCUT2D eigenvalue weighted by Crippen LogP contribution is 2.39. The Kier molecular flexibility index (Phi) is 3.70. The Morgan fingerprint density at radius 3 is 3.04 bits per heavy atom. The minimum Gasteiger partial charge on any atom is -0.320 e. The first-order valence-corrected chi connectivity index (χ1v) is 8.79. The number of aromatic nitrogens is 4. The van der Waals surface area contributed by atoms with Gasteiger partial charge in [-0.25, -0.2) is 0 Å². The smallest absolute Gasteiger partial charge is 0.274 e. The largest absolute Gasteiger partial charge is 0.320 e. The van der Waals surface area contributed by atoms with Gasteiger partial charge in [-0.15, -0.1) is 21.5 Å². The van der Waals surface area contributed by atoms with Gasteiger partial charge < -0.3 is 9.88 Å². The molecule has 1 aliphatic rings. The number of carbonyl (C=O) groups excluding carboxylic acids is 1. The first-order valence-electron chi connectivity index (χ1n) is 7.12. The summed E-state index contributed by atoms with van der Waals surface area (Å²) in [5.74, 6) is 0.623. The number of hydrogen-bond donors (Lipinski definition) is 1. The van der Waals surface area contributed by atoms with E-state index in [-0.39, 0.29) is 5.91 Å². The Balaban J connectivity index is 1.54. The number of carbonyl (C=O) groups is 1. The second kappa shape index (κ2) is 5.86. The van der Waals surface area contributed by atoms with Crippen molar-refractivity contribution in [1.29, 1.82) is 0 Å². The number of nitrogens with one attached hydrogen (secondary N) is 1. The topological polar surface area (TPSA) is 72.7 Å². The first kappa shape index (κ1) is 14.5. The number of nitrogens with zero attached hydrogens (tertiary/aromatic N) is 4. The molecule has 23 heavy (non-hydrogen) atoms. The quantitative estimate of drug-likeness (QED) is 0.737. The summed E-state index contributed by atoms with van der Waals surface area (Å²) in [7, 11) is 0. The Labute approximate surface area is 144 Å². The number of thiophene rings is 1. The number of hydrogen-bond acceptors (Lipinski definition) is 5. The fourth-order valence-corrected chi connectivity index (χ4v) is 3.44. The zero-order valence-electron chi connectivity index (χ0n) is 11.9. The van der Waals surface area contributed by atoms with Crippen LogP contribution in [0.15, 0.2) is 40.6 Å². The van der Waals surface area contributed by atoms with E-state index in [1.165, 1.54) is 24.2 Å². The SMILES string of the molecule is O=C(Nc1csc(-c2nncn2C2CC2)c1)c1cc(Br)ccn1. The number of halogens is 1. The van der Waals surface area contributed by atoms with Crippen LogP contribution in [0.5, 0.6) is 0 Å². The summed E-state index contributed by atoms with van der Waals surface area (Å²) in [6.45, 7) is 0. The summed E-state index contributed by atoms with van der Waals surface area (Å²) in [5.41, 5.74) is 1.11. The molecule has 0 atom stereocenters. The molecule has 1 saturated carbocycles. The van der Waals surface area contributed by atoms with Crippen LogP contribution in [-0.2, 0) is 0 Å². The Hall–Kier alpha value is -2.06. The van der Waals surface area contributed by atoms with Crippen LogP contribution in [0, 0.1) is 0 Å². The second-order valence-corrected chi connectivity index (χ2v) is 7.13. The Morgan fingerprint density at radius 2 is 2.26 bits per heavy atom. The standard InChI is InChI=1S/C15H12BrN5OS/c16-9-3-4-17-12(5-9)15(22)19-10-6-13(23-7-10)14-20-18-8-21(14)11-1-2-11/h3-8,11H,1-2H2,(H,19,22). The van der Waals surface area contributed by atoms with Gasteiger partial charge in [-0.2, -0.15) is 0 Å². The van der Waals surface area contributed by atoms with Crippen LogP contribution in [0.4, 0.5) is 5.69 Å². The van der Waals surface area contributed by atoms with Crippen molar-refractivity contribution in [2.45, 2.75) is 18.9 Å². The average Bonchev–Trinajstić information content (AvgIpc) is 3.09.